The molecule has 1 atom stereocenters. The highest BCUT2D eigenvalue weighted by molar-refractivity contribution is 6.41. The molecule has 0 fully saturated rings. The van der Waals surface area contributed by atoms with Gasteiger partial charge in [0.25, 0.3) is 5.91 Å². The van der Waals surface area contributed by atoms with Gasteiger partial charge >= 0.3 is 0 Å². The van der Waals surface area contributed by atoms with Crippen molar-refractivity contribution in [2.24, 2.45) is 12.8 Å². The average Bonchev–Trinajstić information content (AvgIpc) is 2.73. The highest BCUT2D eigenvalue weighted by Crippen LogP contribution is 2.25. The van der Waals surface area contributed by atoms with E-state index in [-0.39, 0.29) is 15.9 Å². The Bertz CT molecular complexity index is 683. The minimum absolute atomic E-state index is 0.243. The van der Waals surface area contributed by atoms with Crippen molar-refractivity contribution in [1.29, 1.82) is 0 Å². The van der Waals surface area contributed by atoms with Gasteiger partial charge in [-0.3, -0.25) is 9.59 Å². The molecule has 0 saturated carbocycles. The Morgan fingerprint density at radius 2 is 1.86 bits per heavy atom. The molecule has 2 amide bonds. The maximum Gasteiger partial charge on any atom is 0.268 e. The van der Waals surface area contributed by atoms with Gasteiger partial charge in [0.1, 0.15) is 16.9 Å². The Morgan fingerprint density at radius 3 is 2.33 bits per heavy atom. The summed E-state index contributed by atoms with van der Waals surface area (Å²) in [6.45, 7) is 0. The van der Waals surface area contributed by atoms with Crippen molar-refractivity contribution >= 4 is 35.0 Å². The zero-order valence-electron chi connectivity index (χ0n) is 11.1. The van der Waals surface area contributed by atoms with Crippen molar-refractivity contribution < 1.29 is 9.59 Å². The predicted molar refractivity (Wildman–Crippen MR) is 81.3 cm³/mol. The number of primary amides is 1. The summed E-state index contributed by atoms with van der Waals surface area (Å²) in [5.74, 6) is -1.14. The second-order valence-electron chi connectivity index (χ2n) is 4.45. The topological polar surface area (TPSA) is 77.1 Å². The molecular formula is C14H13Cl2N3O2. The molecule has 0 aliphatic carbocycles. The second kappa shape index (κ2) is 6.20. The monoisotopic (exact) mass is 325 g/mol. The van der Waals surface area contributed by atoms with Crippen LogP contribution < -0.4 is 11.1 Å². The van der Waals surface area contributed by atoms with E-state index in [2.05, 4.69) is 5.32 Å². The van der Waals surface area contributed by atoms with E-state index in [1.165, 1.54) is 10.6 Å². The summed E-state index contributed by atoms with van der Waals surface area (Å²) in [5.41, 5.74) is 6.20. The van der Waals surface area contributed by atoms with E-state index in [1.807, 2.05) is 0 Å². The van der Waals surface area contributed by atoms with Crippen LogP contribution in [0.5, 0.6) is 0 Å². The normalized spacial score (nSPS) is 12.0. The lowest BCUT2D eigenvalue weighted by Gasteiger charge is -2.16. The van der Waals surface area contributed by atoms with Gasteiger partial charge < -0.3 is 15.6 Å². The van der Waals surface area contributed by atoms with Gasteiger partial charge in [0.05, 0.1) is 5.02 Å². The number of rotatable bonds is 4. The number of hydrogen-bond acceptors (Lipinski definition) is 2. The third kappa shape index (κ3) is 3.20. The number of halogens is 2. The summed E-state index contributed by atoms with van der Waals surface area (Å²) in [6.07, 6.45) is 0. The first-order chi connectivity index (χ1) is 9.91. The maximum absolute atomic E-state index is 12.3. The number of hydrogen-bond donors (Lipinski definition) is 2. The number of nitrogens with two attached hydrogens (primary N) is 1. The summed E-state index contributed by atoms with van der Waals surface area (Å²) in [4.78, 5) is 23.8. The Balaban J connectivity index is 2.27. The Hall–Kier alpha value is -1.98. The van der Waals surface area contributed by atoms with E-state index in [0.717, 1.165) is 0 Å². The molecule has 3 N–H and O–H groups in total. The number of nitrogens with one attached hydrogen (secondary N) is 1. The van der Waals surface area contributed by atoms with E-state index in [9.17, 15) is 9.59 Å². The number of benzene rings is 1. The summed E-state index contributed by atoms with van der Waals surface area (Å²) in [7, 11) is 1.60. The Kier molecular flexibility index (Phi) is 4.55. The van der Waals surface area contributed by atoms with Gasteiger partial charge in [-0.2, -0.15) is 0 Å². The second-order valence-corrected chi connectivity index (χ2v) is 5.21. The van der Waals surface area contributed by atoms with Crippen molar-refractivity contribution in [3.63, 3.8) is 0 Å². The summed E-state index contributed by atoms with van der Waals surface area (Å²) in [5, 5.41) is 3.09. The molecule has 1 aromatic heterocycles. The molecule has 0 radical (unpaired) electrons. The van der Waals surface area contributed by atoms with Crippen molar-refractivity contribution in [1.82, 2.24) is 9.88 Å². The number of carbonyl (C=O) groups excluding carboxylic acids is 2. The van der Waals surface area contributed by atoms with Crippen LogP contribution in [0.1, 0.15) is 22.1 Å². The quantitative estimate of drug-likeness (QED) is 0.904. The van der Waals surface area contributed by atoms with Crippen LogP contribution in [0.3, 0.4) is 0 Å². The van der Waals surface area contributed by atoms with Crippen LogP contribution in [0, 0.1) is 0 Å². The first-order valence-corrected chi connectivity index (χ1v) is 6.83. The average molecular weight is 326 g/mol. The van der Waals surface area contributed by atoms with Crippen LogP contribution in [-0.2, 0) is 11.8 Å². The van der Waals surface area contributed by atoms with E-state index in [0.29, 0.717) is 5.56 Å². The molecule has 110 valence electrons. The molecule has 0 aliphatic rings. The van der Waals surface area contributed by atoms with Crippen LogP contribution in [0.4, 0.5) is 0 Å². The highest BCUT2D eigenvalue weighted by Gasteiger charge is 2.23. The van der Waals surface area contributed by atoms with E-state index >= 15 is 0 Å². The zero-order chi connectivity index (χ0) is 15.6. The van der Waals surface area contributed by atoms with Crippen LogP contribution in [-0.4, -0.2) is 16.4 Å². The molecule has 21 heavy (non-hydrogen) atoms. The third-order valence-electron chi connectivity index (χ3n) is 3.04. The lowest BCUT2D eigenvalue weighted by atomic mass is 10.1. The molecule has 0 spiro atoms. The van der Waals surface area contributed by atoms with E-state index in [1.54, 1.807) is 37.4 Å². The molecule has 0 saturated heterocycles. The minimum atomic E-state index is -0.925. The zero-order valence-corrected chi connectivity index (χ0v) is 12.7. The number of carbonyl (C=O) groups is 2. The van der Waals surface area contributed by atoms with Crippen LogP contribution in [0.2, 0.25) is 10.2 Å². The smallest absolute Gasteiger partial charge is 0.268 e. The van der Waals surface area contributed by atoms with Gasteiger partial charge in [-0.1, -0.05) is 53.5 Å². The SMILES string of the molecule is Cn1c(C(=O)N[C@@H](C(N)=O)c2ccccc2)cc(Cl)c1Cl. The molecule has 0 aliphatic heterocycles. The number of nitrogens with zero attached hydrogens (tertiary/aromatic N) is 1. The number of amides is 2. The van der Waals surface area contributed by atoms with Crippen LogP contribution >= 0.6 is 23.2 Å². The molecule has 2 rings (SSSR count). The Labute approximate surface area is 131 Å². The fourth-order valence-electron chi connectivity index (χ4n) is 1.93. The summed E-state index contributed by atoms with van der Waals surface area (Å²) in [6, 6.07) is 9.25. The fraction of sp³-hybridized carbons (Fsp3) is 0.143. The van der Waals surface area contributed by atoms with Gasteiger partial charge in [-0.25, -0.2) is 0 Å². The summed E-state index contributed by atoms with van der Waals surface area (Å²) < 4.78 is 1.43. The van der Waals surface area contributed by atoms with E-state index < -0.39 is 17.9 Å². The van der Waals surface area contributed by atoms with Gasteiger partial charge in [-0.15, -0.1) is 0 Å². The Morgan fingerprint density at radius 1 is 1.24 bits per heavy atom. The molecule has 0 bridgehead atoms. The third-order valence-corrected chi connectivity index (χ3v) is 3.88. The molecule has 1 heterocycles. The van der Waals surface area contributed by atoms with Gasteiger partial charge in [-0.05, 0) is 11.6 Å². The minimum Gasteiger partial charge on any atom is -0.368 e. The largest absolute Gasteiger partial charge is 0.368 e. The summed E-state index contributed by atoms with van der Waals surface area (Å²) >= 11 is 11.8. The lowest BCUT2D eigenvalue weighted by Crippen LogP contribution is -2.38. The molecule has 5 nitrogen and oxygen atoms in total. The fourth-order valence-corrected chi connectivity index (χ4v) is 2.31. The molecule has 7 heteroatoms. The van der Waals surface area contributed by atoms with Crippen molar-refractivity contribution in [2.75, 3.05) is 0 Å². The highest BCUT2D eigenvalue weighted by atomic mass is 35.5. The van der Waals surface area contributed by atoms with Crippen molar-refractivity contribution in [3.05, 3.63) is 57.8 Å². The van der Waals surface area contributed by atoms with Gasteiger partial charge in [0.2, 0.25) is 5.91 Å². The predicted octanol–water partition coefficient (Wildman–Crippen LogP) is 2.29. The first-order valence-electron chi connectivity index (χ1n) is 6.07. The van der Waals surface area contributed by atoms with Gasteiger partial charge in [0, 0.05) is 7.05 Å². The van der Waals surface area contributed by atoms with Crippen LogP contribution in [0.15, 0.2) is 36.4 Å². The molecular weight excluding hydrogens is 313 g/mol. The van der Waals surface area contributed by atoms with E-state index in [4.69, 9.17) is 28.9 Å². The first kappa shape index (κ1) is 15.4. The molecule has 1 aromatic carbocycles. The lowest BCUT2D eigenvalue weighted by molar-refractivity contribution is -0.120. The van der Waals surface area contributed by atoms with Crippen molar-refractivity contribution in [3.8, 4) is 0 Å². The maximum atomic E-state index is 12.3. The standard InChI is InChI=1S/C14H13Cl2N3O2/c1-19-10(7-9(15)12(19)16)14(21)18-11(13(17)20)8-5-3-2-4-6-8/h2-7,11H,1H3,(H2,17,20)(H,18,21)/t11-/m1/s1. The number of aromatic nitrogens is 1. The molecule has 0 unspecified atom stereocenters. The van der Waals surface area contributed by atoms with Crippen molar-refractivity contribution in [2.45, 2.75) is 6.04 Å². The molecule has 2 aromatic rings. The van der Waals surface area contributed by atoms with Gasteiger partial charge in [0.15, 0.2) is 0 Å². The van der Waals surface area contributed by atoms with Crippen LogP contribution in [0.25, 0.3) is 0 Å².